The number of rotatable bonds is 3. The molecule has 2 aliphatic heterocycles. The maximum Gasteiger partial charge on any atom is 0.309 e. The van der Waals surface area contributed by atoms with E-state index in [0.29, 0.717) is 0 Å². The number of amides is 1. The molecule has 1 spiro atoms. The van der Waals surface area contributed by atoms with Crippen molar-refractivity contribution in [1.82, 2.24) is 14.8 Å². The molecule has 0 bridgehead atoms. The van der Waals surface area contributed by atoms with E-state index in [4.69, 9.17) is 0 Å². The average molecular weight is 303 g/mol. The van der Waals surface area contributed by atoms with E-state index < -0.39 is 17.4 Å². The van der Waals surface area contributed by atoms with Gasteiger partial charge >= 0.3 is 5.97 Å². The summed E-state index contributed by atoms with van der Waals surface area (Å²) in [7, 11) is 1.75. The van der Waals surface area contributed by atoms with E-state index in [1.54, 1.807) is 24.3 Å². The van der Waals surface area contributed by atoms with Crippen molar-refractivity contribution >= 4 is 11.9 Å². The van der Waals surface area contributed by atoms with Crippen LogP contribution in [0.5, 0.6) is 0 Å². The van der Waals surface area contributed by atoms with Crippen LogP contribution >= 0.6 is 0 Å². The number of aromatic nitrogens is 1. The quantitative estimate of drug-likeness (QED) is 0.901. The Bertz CT molecular complexity index is 567. The van der Waals surface area contributed by atoms with E-state index in [1.165, 1.54) is 5.56 Å². The Morgan fingerprint density at radius 2 is 2.00 bits per heavy atom. The molecule has 0 saturated carbocycles. The van der Waals surface area contributed by atoms with Gasteiger partial charge in [-0.3, -0.25) is 19.5 Å². The molecular weight excluding hydrogens is 282 g/mol. The zero-order valence-corrected chi connectivity index (χ0v) is 12.7. The van der Waals surface area contributed by atoms with Crippen LogP contribution in [0.1, 0.15) is 24.8 Å². The van der Waals surface area contributed by atoms with Crippen molar-refractivity contribution in [2.45, 2.75) is 31.3 Å². The Balaban J connectivity index is 1.69. The molecule has 3 rings (SSSR count). The third-order valence-corrected chi connectivity index (χ3v) is 5.25. The molecule has 0 aliphatic carbocycles. The molecule has 0 unspecified atom stereocenters. The SMILES string of the molecule is CN1C(=O)C[C@H](C(=O)O)C12CCN(Cc1ccncc1)CC2. The van der Waals surface area contributed by atoms with Gasteiger partial charge in [-0.05, 0) is 30.5 Å². The van der Waals surface area contributed by atoms with Gasteiger partial charge in [0, 0.05) is 45.5 Å². The van der Waals surface area contributed by atoms with Gasteiger partial charge in [0.05, 0.1) is 11.5 Å². The van der Waals surface area contributed by atoms with Crippen molar-refractivity contribution in [2.75, 3.05) is 20.1 Å². The number of hydrogen-bond acceptors (Lipinski definition) is 4. The molecule has 1 aromatic rings. The van der Waals surface area contributed by atoms with Crippen LogP contribution in [0.3, 0.4) is 0 Å². The number of pyridine rings is 1. The van der Waals surface area contributed by atoms with Crippen molar-refractivity contribution < 1.29 is 14.7 Å². The van der Waals surface area contributed by atoms with Crippen LogP contribution in [0.4, 0.5) is 0 Å². The van der Waals surface area contributed by atoms with Crippen LogP contribution in [-0.4, -0.2) is 57.4 Å². The molecule has 1 aromatic heterocycles. The topological polar surface area (TPSA) is 73.7 Å². The molecule has 1 N–H and O–H groups in total. The highest BCUT2D eigenvalue weighted by Crippen LogP contribution is 2.42. The van der Waals surface area contributed by atoms with Crippen LogP contribution in [0.15, 0.2) is 24.5 Å². The molecule has 3 heterocycles. The maximum atomic E-state index is 12.0. The summed E-state index contributed by atoms with van der Waals surface area (Å²) in [6, 6.07) is 3.99. The summed E-state index contributed by atoms with van der Waals surface area (Å²) in [6.45, 7) is 2.46. The number of hydrogen-bond donors (Lipinski definition) is 1. The average Bonchev–Trinajstić information content (AvgIpc) is 2.76. The number of carbonyl (C=O) groups is 2. The van der Waals surface area contributed by atoms with Gasteiger partial charge in [0.25, 0.3) is 0 Å². The molecular formula is C16H21N3O3. The van der Waals surface area contributed by atoms with Crippen molar-refractivity contribution in [3.63, 3.8) is 0 Å². The largest absolute Gasteiger partial charge is 0.481 e. The van der Waals surface area contributed by atoms with Gasteiger partial charge in [-0.2, -0.15) is 0 Å². The number of likely N-dealkylation sites (tertiary alicyclic amines) is 2. The lowest BCUT2D eigenvalue weighted by Gasteiger charge is -2.45. The first-order valence-corrected chi connectivity index (χ1v) is 7.64. The van der Waals surface area contributed by atoms with Crippen molar-refractivity contribution in [1.29, 1.82) is 0 Å². The highest BCUT2D eigenvalue weighted by molar-refractivity contribution is 5.88. The molecule has 2 aliphatic rings. The second kappa shape index (κ2) is 5.68. The summed E-state index contributed by atoms with van der Waals surface area (Å²) in [5, 5.41) is 9.47. The van der Waals surface area contributed by atoms with Crippen molar-refractivity contribution in [2.24, 2.45) is 5.92 Å². The Labute approximate surface area is 129 Å². The van der Waals surface area contributed by atoms with Gasteiger partial charge in [-0.1, -0.05) is 0 Å². The number of nitrogens with zero attached hydrogens (tertiary/aromatic N) is 3. The van der Waals surface area contributed by atoms with Gasteiger partial charge in [-0.15, -0.1) is 0 Å². The smallest absolute Gasteiger partial charge is 0.309 e. The summed E-state index contributed by atoms with van der Waals surface area (Å²) in [6.07, 6.45) is 5.14. The zero-order valence-electron chi connectivity index (χ0n) is 12.7. The normalized spacial score (nSPS) is 24.9. The Hall–Kier alpha value is -1.95. The maximum absolute atomic E-state index is 12.0. The first kappa shape index (κ1) is 15.0. The van der Waals surface area contributed by atoms with E-state index in [-0.39, 0.29) is 12.3 Å². The Morgan fingerprint density at radius 3 is 2.59 bits per heavy atom. The lowest BCUT2D eigenvalue weighted by molar-refractivity contribution is -0.146. The van der Waals surface area contributed by atoms with Gasteiger partial charge in [0.2, 0.25) is 5.91 Å². The predicted molar refractivity (Wildman–Crippen MR) is 80.0 cm³/mol. The minimum absolute atomic E-state index is 0.0463. The highest BCUT2D eigenvalue weighted by atomic mass is 16.4. The van der Waals surface area contributed by atoms with Crippen LogP contribution in [-0.2, 0) is 16.1 Å². The fourth-order valence-electron chi connectivity index (χ4n) is 3.83. The molecule has 0 radical (unpaired) electrons. The zero-order chi connectivity index (χ0) is 15.7. The Morgan fingerprint density at radius 1 is 1.36 bits per heavy atom. The van der Waals surface area contributed by atoms with E-state index in [2.05, 4.69) is 9.88 Å². The van der Waals surface area contributed by atoms with Crippen molar-refractivity contribution in [3.05, 3.63) is 30.1 Å². The number of carbonyl (C=O) groups excluding carboxylic acids is 1. The molecule has 2 saturated heterocycles. The van der Waals surface area contributed by atoms with Crippen LogP contribution in [0.25, 0.3) is 0 Å². The van der Waals surface area contributed by atoms with Gasteiger partial charge < -0.3 is 10.0 Å². The third-order valence-electron chi connectivity index (χ3n) is 5.25. The third kappa shape index (κ3) is 2.47. The summed E-state index contributed by atoms with van der Waals surface area (Å²) in [5.74, 6) is -1.47. The summed E-state index contributed by atoms with van der Waals surface area (Å²) >= 11 is 0. The van der Waals surface area contributed by atoms with Gasteiger partial charge in [0.1, 0.15) is 0 Å². The number of aliphatic carboxylic acids is 1. The minimum Gasteiger partial charge on any atom is -0.481 e. The fraction of sp³-hybridized carbons (Fsp3) is 0.562. The summed E-state index contributed by atoms with van der Waals surface area (Å²) in [5.41, 5.74) is 0.703. The van der Waals surface area contributed by atoms with E-state index in [0.717, 1.165) is 32.5 Å². The van der Waals surface area contributed by atoms with E-state index in [9.17, 15) is 14.7 Å². The minimum atomic E-state index is -0.847. The van der Waals surface area contributed by atoms with Crippen LogP contribution in [0, 0.1) is 5.92 Å². The number of carboxylic acid groups (broad SMARTS) is 1. The molecule has 6 nitrogen and oxygen atoms in total. The fourth-order valence-corrected chi connectivity index (χ4v) is 3.83. The lowest BCUT2D eigenvalue weighted by Crippen LogP contribution is -2.55. The standard InChI is InChI=1S/C16H21N3O3/c1-18-14(20)10-13(15(21)22)16(18)4-8-19(9-5-16)11-12-2-6-17-7-3-12/h2-3,6-7,13H,4-5,8-11H2,1H3,(H,21,22)/t13-/m1/s1. The summed E-state index contributed by atoms with van der Waals surface area (Å²) in [4.78, 5) is 31.5. The van der Waals surface area contributed by atoms with Crippen LogP contribution in [0.2, 0.25) is 0 Å². The van der Waals surface area contributed by atoms with Crippen molar-refractivity contribution in [3.8, 4) is 0 Å². The van der Waals surface area contributed by atoms with Crippen LogP contribution < -0.4 is 0 Å². The number of piperidine rings is 1. The molecule has 1 atom stereocenters. The Kier molecular flexibility index (Phi) is 3.87. The molecule has 0 aromatic carbocycles. The molecule has 2 fully saturated rings. The van der Waals surface area contributed by atoms with E-state index >= 15 is 0 Å². The van der Waals surface area contributed by atoms with Gasteiger partial charge in [-0.25, -0.2) is 0 Å². The molecule has 1 amide bonds. The molecule has 22 heavy (non-hydrogen) atoms. The summed E-state index contributed by atoms with van der Waals surface area (Å²) < 4.78 is 0. The second-order valence-electron chi connectivity index (χ2n) is 6.28. The highest BCUT2D eigenvalue weighted by Gasteiger charge is 2.55. The monoisotopic (exact) mass is 303 g/mol. The number of carboxylic acids is 1. The van der Waals surface area contributed by atoms with Gasteiger partial charge in [0.15, 0.2) is 0 Å². The first-order chi connectivity index (χ1) is 10.5. The molecule has 118 valence electrons. The van der Waals surface area contributed by atoms with E-state index in [1.807, 2.05) is 12.1 Å². The predicted octanol–water partition coefficient (Wildman–Crippen LogP) is 0.979. The second-order valence-corrected chi connectivity index (χ2v) is 6.28. The molecule has 6 heteroatoms. The first-order valence-electron chi connectivity index (χ1n) is 7.64. The lowest BCUT2D eigenvalue weighted by atomic mass is 9.77.